The van der Waals surface area contributed by atoms with Gasteiger partial charge < -0.3 is 10.1 Å². The Labute approximate surface area is 143 Å². The number of methoxy groups -OCH3 is 1. The van der Waals surface area contributed by atoms with Crippen molar-refractivity contribution in [3.05, 3.63) is 42.1 Å². The van der Waals surface area contributed by atoms with E-state index in [4.69, 9.17) is 4.74 Å². The molecular formula is C17H23N3O3S. The first kappa shape index (κ1) is 18.1. The third kappa shape index (κ3) is 4.61. The number of pyridine rings is 1. The quantitative estimate of drug-likeness (QED) is 0.802. The first-order valence-corrected chi connectivity index (χ1v) is 9.17. The van der Waals surface area contributed by atoms with Crippen molar-refractivity contribution in [2.75, 3.05) is 23.7 Å². The first-order chi connectivity index (χ1) is 11.3. The van der Waals surface area contributed by atoms with Crippen LogP contribution >= 0.6 is 0 Å². The predicted octanol–water partition coefficient (Wildman–Crippen LogP) is 3.27. The Morgan fingerprint density at radius 2 is 1.96 bits per heavy atom. The summed E-state index contributed by atoms with van der Waals surface area (Å²) in [5.41, 5.74) is 1.68. The average molecular weight is 349 g/mol. The highest BCUT2D eigenvalue weighted by Gasteiger charge is 2.20. The Bertz CT molecular complexity index is 787. The zero-order valence-electron chi connectivity index (χ0n) is 14.3. The van der Waals surface area contributed by atoms with Gasteiger partial charge in [0, 0.05) is 6.54 Å². The summed E-state index contributed by atoms with van der Waals surface area (Å²) in [6.45, 7) is 6.87. The summed E-state index contributed by atoms with van der Waals surface area (Å²) in [6.07, 6.45) is 1.60. The molecule has 2 rings (SSSR count). The third-order valence-corrected chi connectivity index (χ3v) is 4.70. The third-order valence-electron chi connectivity index (χ3n) is 3.33. The first-order valence-electron chi connectivity index (χ1n) is 7.69. The highest BCUT2D eigenvalue weighted by atomic mass is 32.2. The largest absolute Gasteiger partial charge is 0.495 e. The van der Waals surface area contributed by atoms with Crippen molar-refractivity contribution in [3.8, 4) is 5.75 Å². The van der Waals surface area contributed by atoms with Crippen LogP contribution in [0.3, 0.4) is 0 Å². The van der Waals surface area contributed by atoms with E-state index >= 15 is 0 Å². The fourth-order valence-electron chi connectivity index (χ4n) is 2.07. The minimum Gasteiger partial charge on any atom is -0.495 e. The van der Waals surface area contributed by atoms with E-state index in [2.05, 4.69) is 28.9 Å². The molecule has 0 aliphatic rings. The van der Waals surface area contributed by atoms with Crippen molar-refractivity contribution in [2.45, 2.75) is 25.7 Å². The fourth-order valence-corrected chi connectivity index (χ4v) is 3.33. The zero-order valence-corrected chi connectivity index (χ0v) is 15.1. The lowest BCUT2D eigenvalue weighted by atomic mass is 10.2. The summed E-state index contributed by atoms with van der Waals surface area (Å²) in [4.78, 5) is 4.24. The summed E-state index contributed by atoms with van der Waals surface area (Å²) in [6, 6.07) is 8.42. The highest BCUT2D eigenvalue weighted by molar-refractivity contribution is 7.92. The van der Waals surface area contributed by atoms with Crippen molar-refractivity contribution < 1.29 is 13.2 Å². The van der Waals surface area contributed by atoms with Crippen molar-refractivity contribution in [1.29, 1.82) is 0 Å². The second kappa shape index (κ2) is 7.53. The second-order valence-corrected chi connectivity index (χ2v) is 7.62. The lowest BCUT2D eigenvalue weighted by molar-refractivity contribution is 0.402. The maximum atomic E-state index is 12.6. The number of nitrogens with one attached hydrogen (secondary N) is 2. The molecule has 2 aromatic rings. The smallest absolute Gasteiger partial charge is 0.266 e. The van der Waals surface area contributed by atoms with E-state index in [0.29, 0.717) is 11.7 Å². The molecule has 130 valence electrons. The second-order valence-electron chi connectivity index (χ2n) is 5.97. The van der Waals surface area contributed by atoms with Gasteiger partial charge in [-0.2, -0.15) is 0 Å². The number of hydrogen-bond acceptors (Lipinski definition) is 5. The van der Waals surface area contributed by atoms with E-state index in [-0.39, 0.29) is 10.7 Å². The number of aromatic nitrogens is 1. The summed E-state index contributed by atoms with van der Waals surface area (Å²) in [5, 5.41) is 3.23. The predicted molar refractivity (Wildman–Crippen MR) is 96.1 cm³/mol. The van der Waals surface area contributed by atoms with Crippen molar-refractivity contribution >= 4 is 21.5 Å². The van der Waals surface area contributed by atoms with Gasteiger partial charge in [0.15, 0.2) is 0 Å². The molecule has 1 aromatic heterocycles. The summed E-state index contributed by atoms with van der Waals surface area (Å²) < 4.78 is 32.8. The van der Waals surface area contributed by atoms with Crippen molar-refractivity contribution in [2.24, 2.45) is 5.92 Å². The molecule has 0 aliphatic carbocycles. The van der Waals surface area contributed by atoms with Gasteiger partial charge >= 0.3 is 0 Å². The number of hydrogen-bond donors (Lipinski definition) is 2. The molecule has 0 saturated carbocycles. The number of aryl methyl sites for hydroxylation is 1. The number of nitrogens with zero attached hydrogens (tertiary/aromatic N) is 1. The van der Waals surface area contributed by atoms with Crippen LogP contribution in [-0.4, -0.2) is 27.1 Å². The molecule has 0 fully saturated rings. The molecule has 0 bridgehead atoms. The van der Waals surface area contributed by atoms with Crippen LogP contribution in [0.4, 0.5) is 11.5 Å². The van der Waals surface area contributed by atoms with Crippen LogP contribution in [0.15, 0.2) is 41.4 Å². The molecule has 0 atom stereocenters. The average Bonchev–Trinajstić information content (AvgIpc) is 2.54. The number of rotatable bonds is 7. The number of ether oxygens (including phenoxy) is 1. The van der Waals surface area contributed by atoms with Gasteiger partial charge in [0.2, 0.25) is 0 Å². The Morgan fingerprint density at radius 1 is 1.21 bits per heavy atom. The van der Waals surface area contributed by atoms with Crippen LogP contribution in [0.25, 0.3) is 0 Å². The molecule has 0 spiro atoms. The van der Waals surface area contributed by atoms with Gasteiger partial charge in [0.05, 0.1) is 19.0 Å². The van der Waals surface area contributed by atoms with Gasteiger partial charge in [-0.3, -0.25) is 4.72 Å². The Balaban J connectivity index is 2.19. The minimum atomic E-state index is -3.78. The highest BCUT2D eigenvalue weighted by Crippen LogP contribution is 2.26. The number of anilines is 2. The molecule has 24 heavy (non-hydrogen) atoms. The zero-order chi connectivity index (χ0) is 17.7. The van der Waals surface area contributed by atoms with E-state index in [9.17, 15) is 8.42 Å². The van der Waals surface area contributed by atoms with Gasteiger partial charge in [-0.1, -0.05) is 19.9 Å². The molecule has 2 N–H and O–H groups in total. The molecule has 0 radical (unpaired) electrons. The van der Waals surface area contributed by atoms with Crippen LogP contribution in [0.1, 0.15) is 19.4 Å². The van der Waals surface area contributed by atoms with E-state index in [1.807, 2.05) is 6.92 Å². The van der Waals surface area contributed by atoms with E-state index in [1.165, 1.54) is 7.11 Å². The summed E-state index contributed by atoms with van der Waals surface area (Å²) >= 11 is 0. The standard InChI is InChI=1S/C17H23N3O3S/c1-12(2)10-18-14-6-8-17(19-11-14)20-24(21,22)16-9-13(3)5-7-15(16)23-4/h5-9,11-12,18H,10H2,1-4H3,(H,19,20). The van der Waals surface area contributed by atoms with Gasteiger partial charge in [0.1, 0.15) is 16.5 Å². The van der Waals surface area contributed by atoms with Gasteiger partial charge in [-0.15, -0.1) is 0 Å². The SMILES string of the molecule is COc1ccc(C)cc1S(=O)(=O)Nc1ccc(NCC(C)C)cn1. The van der Waals surface area contributed by atoms with E-state index in [1.54, 1.807) is 36.5 Å². The Kier molecular flexibility index (Phi) is 5.66. The molecule has 0 saturated heterocycles. The van der Waals surface area contributed by atoms with Gasteiger partial charge in [-0.05, 0) is 42.7 Å². The number of sulfonamides is 1. The normalized spacial score (nSPS) is 11.4. The molecule has 0 amide bonds. The fraction of sp³-hybridized carbons (Fsp3) is 0.353. The summed E-state index contributed by atoms with van der Waals surface area (Å²) in [7, 11) is -2.33. The Hall–Kier alpha value is -2.28. The van der Waals surface area contributed by atoms with Crippen LogP contribution in [0, 0.1) is 12.8 Å². The van der Waals surface area contributed by atoms with Crippen LogP contribution in [-0.2, 0) is 10.0 Å². The van der Waals surface area contributed by atoms with Crippen LogP contribution in [0.2, 0.25) is 0 Å². The van der Waals surface area contributed by atoms with E-state index < -0.39 is 10.0 Å². The van der Waals surface area contributed by atoms with Crippen LogP contribution in [0.5, 0.6) is 5.75 Å². The lowest BCUT2D eigenvalue weighted by Gasteiger charge is -2.12. The molecule has 7 heteroatoms. The molecule has 6 nitrogen and oxygen atoms in total. The monoisotopic (exact) mass is 349 g/mol. The van der Waals surface area contributed by atoms with Crippen LogP contribution < -0.4 is 14.8 Å². The molecular weight excluding hydrogens is 326 g/mol. The van der Waals surface area contributed by atoms with E-state index in [0.717, 1.165) is 17.8 Å². The van der Waals surface area contributed by atoms with Gasteiger partial charge in [0.25, 0.3) is 10.0 Å². The topological polar surface area (TPSA) is 80.3 Å². The minimum absolute atomic E-state index is 0.0915. The maximum absolute atomic E-state index is 12.6. The molecule has 0 unspecified atom stereocenters. The maximum Gasteiger partial charge on any atom is 0.266 e. The Morgan fingerprint density at radius 3 is 2.54 bits per heavy atom. The molecule has 1 aromatic carbocycles. The van der Waals surface area contributed by atoms with Gasteiger partial charge in [-0.25, -0.2) is 13.4 Å². The summed E-state index contributed by atoms with van der Waals surface area (Å²) in [5.74, 6) is 1.06. The molecule has 0 aliphatic heterocycles. The van der Waals surface area contributed by atoms with Crippen molar-refractivity contribution in [1.82, 2.24) is 4.98 Å². The number of benzene rings is 1. The molecule has 1 heterocycles. The van der Waals surface area contributed by atoms with Crippen molar-refractivity contribution in [3.63, 3.8) is 0 Å². The lowest BCUT2D eigenvalue weighted by Crippen LogP contribution is -2.15.